The predicted octanol–water partition coefficient (Wildman–Crippen LogP) is 3.92. The number of hydrogen-bond acceptors (Lipinski definition) is 5. The third-order valence-corrected chi connectivity index (χ3v) is 3.73. The third kappa shape index (κ3) is 3.20. The van der Waals surface area contributed by atoms with Crippen LogP contribution in [0.3, 0.4) is 0 Å². The minimum atomic E-state index is -0.582. The van der Waals surface area contributed by atoms with Gasteiger partial charge >= 0.3 is 5.88 Å². The van der Waals surface area contributed by atoms with Crippen LogP contribution < -0.4 is 10.1 Å². The molecule has 1 aromatic heterocycles. The van der Waals surface area contributed by atoms with Crippen molar-refractivity contribution in [2.75, 3.05) is 14.2 Å². The molecule has 8 heteroatoms. The summed E-state index contributed by atoms with van der Waals surface area (Å²) in [6, 6.07) is 5.87. The molecule has 6 nitrogen and oxygen atoms in total. The first-order valence-electron chi connectivity index (χ1n) is 5.92. The molecular formula is C13H12BrClN2O4. The lowest BCUT2D eigenvalue weighted by Crippen LogP contribution is -2.18. The van der Waals surface area contributed by atoms with Crippen LogP contribution in [-0.4, -0.2) is 19.1 Å². The fourth-order valence-corrected chi connectivity index (χ4v) is 3.05. The Morgan fingerprint density at radius 1 is 1.48 bits per heavy atom. The lowest BCUT2D eigenvalue weighted by Gasteiger charge is -2.18. The normalized spacial score (nSPS) is 12.2. The van der Waals surface area contributed by atoms with E-state index in [0.717, 1.165) is 0 Å². The number of ether oxygens (including phenoxy) is 1. The summed E-state index contributed by atoms with van der Waals surface area (Å²) in [7, 11) is 3.25. The van der Waals surface area contributed by atoms with Gasteiger partial charge in [-0.25, -0.2) is 0 Å². The van der Waals surface area contributed by atoms with E-state index < -0.39 is 11.0 Å². The van der Waals surface area contributed by atoms with Gasteiger partial charge in [0.1, 0.15) is 16.4 Å². The molecule has 0 fully saturated rings. The fourth-order valence-electron chi connectivity index (χ4n) is 2.06. The Labute approximate surface area is 134 Å². The molecule has 1 heterocycles. The van der Waals surface area contributed by atoms with E-state index in [4.69, 9.17) is 20.8 Å². The average molecular weight is 376 g/mol. The maximum atomic E-state index is 10.7. The van der Waals surface area contributed by atoms with Gasteiger partial charge in [0, 0.05) is 10.6 Å². The van der Waals surface area contributed by atoms with Gasteiger partial charge in [0.05, 0.1) is 23.7 Å². The Morgan fingerprint density at radius 3 is 2.71 bits per heavy atom. The molecule has 2 rings (SSSR count). The molecule has 1 unspecified atom stereocenters. The molecule has 0 aliphatic heterocycles. The van der Waals surface area contributed by atoms with Gasteiger partial charge < -0.3 is 14.5 Å². The summed E-state index contributed by atoms with van der Waals surface area (Å²) in [5.41, 5.74) is 0.712. The van der Waals surface area contributed by atoms with Crippen LogP contribution in [0.4, 0.5) is 5.88 Å². The molecule has 0 aliphatic rings. The van der Waals surface area contributed by atoms with Gasteiger partial charge in [0.25, 0.3) is 0 Å². The van der Waals surface area contributed by atoms with E-state index in [9.17, 15) is 10.1 Å². The van der Waals surface area contributed by atoms with Gasteiger partial charge in [-0.1, -0.05) is 11.6 Å². The van der Waals surface area contributed by atoms with Crippen molar-refractivity contribution in [1.29, 1.82) is 0 Å². The molecule has 1 N–H and O–H groups in total. The van der Waals surface area contributed by atoms with E-state index in [1.807, 2.05) is 0 Å². The molecule has 1 atom stereocenters. The van der Waals surface area contributed by atoms with Gasteiger partial charge in [0.15, 0.2) is 0 Å². The van der Waals surface area contributed by atoms with Crippen molar-refractivity contribution < 1.29 is 14.1 Å². The van der Waals surface area contributed by atoms with Crippen molar-refractivity contribution in [3.63, 3.8) is 0 Å². The lowest BCUT2D eigenvalue weighted by atomic mass is 10.0. The Balaban J connectivity index is 2.52. The molecule has 1 aromatic carbocycles. The first kappa shape index (κ1) is 15.8. The van der Waals surface area contributed by atoms with E-state index in [1.54, 1.807) is 25.2 Å². The smallest absolute Gasteiger partial charge is 0.433 e. The van der Waals surface area contributed by atoms with Crippen molar-refractivity contribution in [3.8, 4) is 5.75 Å². The molecule has 112 valence electrons. The second kappa shape index (κ2) is 6.46. The van der Waals surface area contributed by atoms with Gasteiger partial charge in [-0.2, -0.15) is 0 Å². The highest BCUT2D eigenvalue weighted by Gasteiger charge is 2.24. The molecule has 0 aliphatic carbocycles. The summed E-state index contributed by atoms with van der Waals surface area (Å²) < 4.78 is 11.3. The average Bonchev–Trinajstić information content (AvgIpc) is 2.89. The summed E-state index contributed by atoms with van der Waals surface area (Å²) >= 11 is 9.45. The zero-order valence-electron chi connectivity index (χ0n) is 11.2. The molecule has 0 radical (unpaired) electrons. The SMILES string of the molecule is CNC(c1ccc([N+](=O)[O-])o1)c1cc(Cl)cc(Br)c1OC. The van der Waals surface area contributed by atoms with Crippen LogP contribution in [-0.2, 0) is 0 Å². The molecule has 0 amide bonds. The Morgan fingerprint density at radius 2 is 2.19 bits per heavy atom. The van der Waals surface area contributed by atoms with E-state index in [1.165, 1.54) is 13.2 Å². The van der Waals surface area contributed by atoms with Crippen molar-refractivity contribution in [2.45, 2.75) is 6.04 Å². The summed E-state index contributed by atoms with van der Waals surface area (Å²) in [5, 5.41) is 14.3. The maximum absolute atomic E-state index is 10.7. The molecule has 0 saturated carbocycles. The van der Waals surface area contributed by atoms with E-state index in [0.29, 0.717) is 26.6 Å². The number of nitrogens with zero attached hydrogens (tertiary/aromatic N) is 1. The molecule has 0 saturated heterocycles. The standard InChI is InChI=1S/C13H12BrClN2O4/c1-16-12(10-3-4-11(21-10)17(18)19)8-5-7(15)6-9(14)13(8)20-2/h3-6,12,16H,1-2H3. The predicted molar refractivity (Wildman–Crippen MR) is 82.0 cm³/mol. The Bertz CT molecular complexity index is 674. The van der Waals surface area contributed by atoms with Crippen LogP contribution in [0.2, 0.25) is 5.02 Å². The quantitative estimate of drug-likeness (QED) is 0.633. The lowest BCUT2D eigenvalue weighted by molar-refractivity contribution is -0.402. The first-order valence-corrected chi connectivity index (χ1v) is 7.09. The number of hydrogen-bond donors (Lipinski definition) is 1. The minimum Gasteiger partial charge on any atom is -0.495 e. The summed E-state index contributed by atoms with van der Waals surface area (Å²) in [6.07, 6.45) is 0. The summed E-state index contributed by atoms with van der Waals surface area (Å²) in [4.78, 5) is 10.1. The molecule has 0 spiro atoms. The number of nitrogens with one attached hydrogen (secondary N) is 1. The van der Waals surface area contributed by atoms with Crippen LogP contribution in [0.25, 0.3) is 0 Å². The maximum Gasteiger partial charge on any atom is 0.433 e. The fraction of sp³-hybridized carbons (Fsp3) is 0.231. The van der Waals surface area contributed by atoms with Crippen LogP contribution >= 0.6 is 27.5 Å². The number of halogens is 2. The van der Waals surface area contributed by atoms with Crippen LogP contribution in [0.15, 0.2) is 33.2 Å². The zero-order chi connectivity index (χ0) is 15.6. The van der Waals surface area contributed by atoms with Gasteiger partial charge in [0.2, 0.25) is 0 Å². The summed E-state index contributed by atoms with van der Waals surface area (Å²) in [5.74, 6) is 0.666. The monoisotopic (exact) mass is 374 g/mol. The van der Waals surface area contributed by atoms with Crippen LogP contribution in [0, 0.1) is 10.1 Å². The van der Waals surface area contributed by atoms with Crippen molar-refractivity contribution in [1.82, 2.24) is 5.32 Å². The van der Waals surface area contributed by atoms with Crippen molar-refractivity contribution in [2.24, 2.45) is 0 Å². The topological polar surface area (TPSA) is 77.5 Å². The largest absolute Gasteiger partial charge is 0.495 e. The summed E-state index contributed by atoms with van der Waals surface area (Å²) in [6.45, 7) is 0. The number of nitro groups is 1. The second-order valence-corrected chi connectivity index (χ2v) is 5.46. The first-order chi connectivity index (χ1) is 9.97. The number of furan rings is 1. The van der Waals surface area contributed by atoms with Crippen LogP contribution in [0.5, 0.6) is 5.75 Å². The highest BCUT2D eigenvalue weighted by Crippen LogP contribution is 2.39. The molecule has 21 heavy (non-hydrogen) atoms. The van der Waals surface area contributed by atoms with Crippen LogP contribution in [0.1, 0.15) is 17.4 Å². The van der Waals surface area contributed by atoms with E-state index in [-0.39, 0.29) is 5.88 Å². The Hall–Kier alpha value is -1.57. The van der Waals surface area contributed by atoms with E-state index >= 15 is 0 Å². The minimum absolute atomic E-state index is 0.315. The number of rotatable bonds is 5. The van der Waals surface area contributed by atoms with Gasteiger partial charge in [-0.3, -0.25) is 10.1 Å². The molecule has 2 aromatic rings. The number of benzene rings is 1. The Kier molecular flexibility index (Phi) is 4.87. The van der Waals surface area contributed by atoms with Gasteiger partial charge in [-0.15, -0.1) is 0 Å². The molecular weight excluding hydrogens is 364 g/mol. The number of methoxy groups -OCH3 is 1. The second-order valence-electron chi connectivity index (χ2n) is 4.16. The highest BCUT2D eigenvalue weighted by molar-refractivity contribution is 9.10. The molecule has 0 bridgehead atoms. The highest BCUT2D eigenvalue weighted by atomic mass is 79.9. The zero-order valence-corrected chi connectivity index (χ0v) is 13.6. The van der Waals surface area contributed by atoms with E-state index in [2.05, 4.69) is 21.2 Å². The third-order valence-electron chi connectivity index (χ3n) is 2.92. The van der Waals surface area contributed by atoms with Crippen molar-refractivity contribution >= 4 is 33.4 Å². The van der Waals surface area contributed by atoms with Crippen molar-refractivity contribution in [3.05, 3.63) is 55.2 Å². The van der Waals surface area contributed by atoms with Gasteiger partial charge in [-0.05, 0) is 41.2 Å².